The number of nitro groups is 1. The third-order valence-corrected chi connectivity index (χ3v) is 4.13. The van der Waals surface area contributed by atoms with Crippen molar-refractivity contribution < 1.29 is 14.5 Å². The van der Waals surface area contributed by atoms with E-state index in [2.05, 4.69) is 15.3 Å². The van der Waals surface area contributed by atoms with Gasteiger partial charge in [-0.3, -0.25) is 14.9 Å². The highest BCUT2D eigenvalue weighted by atomic mass is 16.6. The SMILES string of the molecule is Cc1nc(N2CCOCC2)nc(C)c1NC(=O)c1ccc([N+](=O)[O-])cc1. The second-order valence-corrected chi connectivity index (χ2v) is 5.93. The number of carbonyl (C=O) groups excluding carboxylic acids is 1. The standard InChI is InChI=1S/C17H19N5O4/c1-11-15(12(2)19-17(18-11)21-7-9-26-10-8-21)20-16(23)13-3-5-14(6-4-13)22(24)25/h3-6H,7-10H2,1-2H3,(H,20,23). The maximum atomic E-state index is 12.4. The molecule has 0 radical (unpaired) electrons. The van der Waals surface area contributed by atoms with Crippen LogP contribution in [0, 0.1) is 24.0 Å². The van der Waals surface area contributed by atoms with Crippen molar-refractivity contribution in [3.63, 3.8) is 0 Å². The number of carbonyl (C=O) groups is 1. The van der Waals surface area contributed by atoms with E-state index in [4.69, 9.17) is 4.74 Å². The molecule has 136 valence electrons. The number of benzene rings is 1. The Labute approximate surface area is 150 Å². The first-order valence-electron chi connectivity index (χ1n) is 8.19. The number of morpholine rings is 1. The topological polar surface area (TPSA) is 110 Å². The molecule has 0 aliphatic carbocycles. The van der Waals surface area contributed by atoms with Gasteiger partial charge in [-0.1, -0.05) is 0 Å². The van der Waals surface area contributed by atoms with E-state index in [9.17, 15) is 14.9 Å². The predicted octanol–water partition coefficient (Wildman–Crippen LogP) is 2.09. The number of nitro benzene ring substituents is 1. The van der Waals surface area contributed by atoms with Crippen LogP contribution in [-0.4, -0.2) is 47.1 Å². The van der Waals surface area contributed by atoms with Gasteiger partial charge in [-0.05, 0) is 26.0 Å². The molecule has 3 rings (SSSR count). The smallest absolute Gasteiger partial charge is 0.269 e. The van der Waals surface area contributed by atoms with Gasteiger partial charge in [0.1, 0.15) is 0 Å². The number of aryl methyl sites for hydroxylation is 2. The first-order chi connectivity index (χ1) is 12.5. The van der Waals surface area contributed by atoms with Gasteiger partial charge < -0.3 is 15.0 Å². The van der Waals surface area contributed by atoms with Crippen LogP contribution >= 0.6 is 0 Å². The number of nitrogens with one attached hydrogen (secondary N) is 1. The summed E-state index contributed by atoms with van der Waals surface area (Å²) in [5.41, 5.74) is 2.13. The monoisotopic (exact) mass is 357 g/mol. The molecule has 2 aromatic rings. The van der Waals surface area contributed by atoms with Crippen LogP contribution in [0.1, 0.15) is 21.7 Å². The zero-order chi connectivity index (χ0) is 18.7. The van der Waals surface area contributed by atoms with Gasteiger partial charge in [0, 0.05) is 30.8 Å². The van der Waals surface area contributed by atoms with Gasteiger partial charge in [0.25, 0.3) is 11.6 Å². The molecule has 1 saturated heterocycles. The lowest BCUT2D eigenvalue weighted by Gasteiger charge is -2.27. The lowest BCUT2D eigenvalue weighted by atomic mass is 10.2. The minimum Gasteiger partial charge on any atom is -0.378 e. The highest BCUT2D eigenvalue weighted by molar-refractivity contribution is 6.05. The minimum absolute atomic E-state index is 0.0629. The second kappa shape index (κ2) is 7.44. The Morgan fingerprint density at radius 3 is 2.27 bits per heavy atom. The second-order valence-electron chi connectivity index (χ2n) is 5.93. The van der Waals surface area contributed by atoms with Gasteiger partial charge in [0.2, 0.25) is 5.95 Å². The van der Waals surface area contributed by atoms with Gasteiger partial charge in [-0.25, -0.2) is 9.97 Å². The molecule has 9 nitrogen and oxygen atoms in total. The summed E-state index contributed by atoms with van der Waals surface area (Å²) in [6.07, 6.45) is 0. The van der Waals surface area contributed by atoms with Crippen LogP contribution in [0.15, 0.2) is 24.3 Å². The van der Waals surface area contributed by atoms with Crippen molar-refractivity contribution in [1.82, 2.24) is 9.97 Å². The van der Waals surface area contributed by atoms with E-state index < -0.39 is 4.92 Å². The van der Waals surface area contributed by atoms with Crippen LogP contribution in [0.4, 0.5) is 17.3 Å². The highest BCUT2D eigenvalue weighted by Gasteiger charge is 2.18. The third-order valence-electron chi connectivity index (χ3n) is 4.13. The van der Waals surface area contributed by atoms with Crippen molar-refractivity contribution in [2.24, 2.45) is 0 Å². The minimum atomic E-state index is -0.506. The summed E-state index contributed by atoms with van der Waals surface area (Å²) < 4.78 is 5.33. The maximum Gasteiger partial charge on any atom is 0.269 e. The fraction of sp³-hybridized carbons (Fsp3) is 0.353. The molecule has 1 amide bonds. The molecule has 1 aliphatic heterocycles. The zero-order valence-electron chi connectivity index (χ0n) is 14.6. The number of nitrogens with zero attached hydrogens (tertiary/aromatic N) is 4. The Hall–Kier alpha value is -3.07. The Balaban J connectivity index is 1.78. The van der Waals surface area contributed by atoms with Crippen molar-refractivity contribution in [1.29, 1.82) is 0 Å². The van der Waals surface area contributed by atoms with Gasteiger partial charge in [0.05, 0.1) is 35.2 Å². The van der Waals surface area contributed by atoms with Crippen LogP contribution in [-0.2, 0) is 4.74 Å². The van der Waals surface area contributed by atoms with E-state index in [-0.39, 0.29) is 11.6 Å². The van der Waals surface area contributed by atoms with Crippen LogP contribution in [0.3, 0.4) is 0 Å². The first-order valence-corrected chi connectivity index (χ1v) is 8.19. The molecule has 1 N–H and O–H groups in total. The predicted molar refractivity (Wildman–Crippen MR) is 95.6 cm³/mol. The van der Waals surface area contributed by atoms with Gasteiger partial charge in [0.15, 0.2) is 0 Å². The Kier molecular flexibility index (Phi) is 5.08. The van der Waals surface area contributed by atoms with Crippen LogP contribution in [0.5, 0.6) is 0 Å². The molecule has 0 spiro atoms. The molecule has 1 aromatic heterocycles. The number of hydrogen-bond donors (Lipinski definition) is 1. The van der Waals surface area contributed by atoms with E-state index in [0.29, 0.717) is 41.8 Å². The summed E-state index contributed by atoms with van der Waals surface area (Å²) in [5.74, 6) is 0.255. The largest absolute Gasteiger partial charge is 0.378 e. The molecule has 26 heavy (non-hydrogen) atoms. The summed E-state index contributed by atoms with van der Waals surface area (Å²) in [4.78, 5) is 33.7. The van der Waals surface area contributed by atoms with E-state index >= 15 is 0 Å². The molecule has 0 saturated carbocycles. The van der Waals surface area contributed by atoms with Gasteiger partial charge in [-0.15, -0.1) is 0 Å². The number of non-ortho nitro benzene ring substituents is 1. The summed E-state index contributed by atoms with van der Waals surface area (Å²) in [6.45, 7) is 6.36. The average molecular weight is 357 g/mol. The van der Waals surface area contributed by atoms with E-state index in [0.717, 1.165) is 13.1 Å². The maximum absolute atomic E-state index is 12.4. The van der Waals surface area contributed by atoms with Crippen LogP contribution in [0.25, 0.3) is 0 Å². The number of aromatic nitrogens is 2. The molecule has 1 fully saturated rings. The molecule has 9 heteroatoms. The molecular formula is C17H19N5O4. The zero-order valence-corrected chi connectivity index (χ0v) is 14.6. The Morgan fingerprint density at radius 1 is 1.15 bits per heavy atom. The summed E-state index contributed by atoms with van der Waals surface area (Å²) in [6, 6.07) is 5.43. The lowest BCUT2D eigenvalue weighted by Crippen LogP contribution is -2.37. The Morgan fingerprint density at radius 2 is 1.73 bits per heavy atom. The fourth-order valence-electron chi connectivity index (χ4n) is 2.70. The van der Waals surface area contributed by atoms with Crippen molar-refractivity contribution >= 4 is 23.2 Å². The normalized spacial score (nSPS) is 14.2. The summed E-state index contributed by atoms with van der Waals surface area (Å²) in [7, 11) is 0. The number of amides is 1. The van der Waals surface area contributed by atoms with Crippen molar-refractivity contribution in [3.8, 4) is 0 Å². The quantitative estimate of drug-likeness (QED) is 0.659. The Bertz CT molecular complexity index is 809. The molecule has 0 unspecified atom stereocenters. The third kappa shape index (κ3) is 3.77. The van der Waals surface area contributed by atoms with Crippen molar-refractivity contribution in [2.75, 3.05) is 36.5 Å². The molecule has 1 aliphatic rings. The first kappa shape index (κ1) is 17.7. The van der Waals surface area contributed by atoms with E-state index in [1.807, 2.05) is 18.7 Å². The van der Waals surface area contributed by atoms with E-state index in [1.54, 1.807) is 0 Å². The molecule has 0 atom stereocenters. The fourth-order valence-corrected chi connectivity index (χ4v) is 2.70. The van der Waals surface area contributed by atoms with E-state index in [1.165, 1.54) is 24.3 Å². The van der Waals surface area contributed by atoms with Crippen molar-refractivity contribution in [2.45, 2.75) is 13.8 Å². The van der Waals surface area contributed by atoms with Crippen LogP contribution in [0.2, 0.25) is 0 Å². The molecular weight excluding hydrogens is 338 g/mol. The number of rotatable bonds is 4. The molecule has 1 aromatic carbocycles. The highest BCUT2D eigenvalue weighted by Crippen LogP contribution is 2.22. The van der Waals surface area contributed by atoms with Crippen LogP contribution < -0.4 is 10.2 Å². The number of ether oxygens (including phenoxy) is 1. The average Bonchev–Trinajstić information content (AvgIpc) is 2.65. The lowest BCUT2D eigenvalue weighted by molar-refractivity contribution is -0.384. The van der Waals surface area contributed by atoms with Gasteiger partial charge >= 0.3 is 0 Å². The molecule has 2 heterocycles. The number of anilines is 2. The van der Waals surface area contributed by atoms with Crippen molar-refractivity contribution in [3.05, 3.63) is 51.3 Å². The summed E-state index contributed by atoms with van der Waals surface area (Å²) in [5, 5.41) is 13.5. The number of hydrogen-bond acceptors (Lipinski definition) is 7. The summed E-state index contributed by atoms with van der Waals surface area (Å²) >= 11 is 0. The van der Waals surface area contributed by atoms with Gasteiger partial charge in [-0.2, -0.15) is 0 Å². The molecule has 0 bridgehead atoms.